The van der Waals surface area contributed by atoms with Crippen LogP contribution in [0.3, 0.4) is 0 Å². The average molecular weight is 444 g/mol. The minimum Gasteiger partial charge on any atom is -0.368 e. The summed E-state index contributed by atoms with van der Waals surface area (Å²) >= 11 is 6.13. The lowest BCUT2D eigenvalue weighted by molar-refractivity contribution is 0.0721. The first-order valence-corrected chi connectivity index (χ1v) is 11.6. The maximum absolute atomic E-state index is 13.0. The van der Waals surface area contributed by atoms with Crippen LogP contribution in [0.5, 0.6) is 0 Å². The van der Waals surface area contributed by atoms with Gasteiger partial charge in [-0.1, -0.05) is 23.3 Å². The summed E-state index contributed by atoms with van der Waals surface area (Å²) in [5, 5.41) is 0.219. The zero-order valence-corrected chi connectivity index (χ0v) is 18.9. The summed E-state index contributed by atoms with van der Waals surface area (Å²) in [6.45, 7) is 9.26. The molecule has 0 amide bonds. The van der Waals surface area contributed by atoms with Gasteiger partial charge in [0, 0.05) is 6.42 Å². The topological polar surface area (TPSA) is 114 Å². The van der Waals surface area contributed by atoms with Gasteiger partial charge in [0.1, 0.15) is 11.9 Å². The maximum Gasteiger partial charge on any atom is 0.356 e. The largest absolute Gasteiger partial charge is 0.368 e. The molecule has 2 atom stereocenters. The van der Waals surface area contributed by atoms with Crippen LogP contribution >= 0.6 is 19.2 Å². The molecule has 2 aromatic heterocycles. The zero-order chi connectivity index (χ0) is 21.3. The van der Waals surface area contributed by atoms with E-state index < -0.39 is 7.60 Å². The van der Waals surface area contributed by atoms with E-state index in [4.69, 9.17) is 31.1 Å². The number of nitrogens with zero attached hydrogens (tertiary/aromatic N) is 4. The number of rotatable bonds is 8. The van der Waals surface area contributed by atoms with E-state index in [9.17, 15) is 4.57 Å². The Bertz CT molecular complexity index is 947. The van der Waals surface area contributed by atoms with Crippen LogP contribution in [0.4, 0.5) is 5.95 Å². The highest BCUT2D eigenvalue weighted by atomic mass is 35.5. The van der Waals surface area contributed by atoms with Crippen molar-refractivity contribution in [1.82, 2.24) is 19.5 Å². The molecule has 160 valence electrons. The van der Waals surface area contributed by atoms with Crippen LogP contribution in [-0.4, -0.2) is 44.2 Å². The van der Waals surface area contributed by atoms with Crippen LogP contribution in [0, 0.1) is 0 Å². The van der Waals surface area contributed by atoms with Crippen LogP contribution < -0.4 is 5.73 Å². The molecule has 0 fully saturated rings. The molecule has 2 heterocycles. The third kappa shape index (κ3) is 5.16. The summed E-state index contributed by atoms with van der Waals surface area (Å²) in [4.78, 5) is 12.5. The molecule has 0 radical (unpaired) electrons. The molecule has 2 N–H and O–H groups in total. The van der Waals surface area contributed by atoms with Crippen molar-refractivity contribution >= 4 is 36.3 Å². The van der Waals surface area contributed by atoms with Crippen molar-refractivity contribution in [3.63, 3.8) is 0 Å². The number of anilines is 1. The molecule has 1 aliphatic rings. The molecule has 1 aliphatic carbocycles. The molecular formula is C18H27ClN5O4P. The van der Waals surface area contributed by atoms with Crippen molar-refractivity contribution in [1.29, 1.82) is 0 Å². The van der Waals surface area contributed by atoms with Gasteiger partial charge in [-0.15, -0.1) is 0 Å². The summed E-state index contributed by atoms with van der Waals surface area (Å²) in [6, 6.07) is -0.0354. The first-order valence-electron chi connectivity index (χ1n) is 9.49. The van der Waals surface area contributed by atoms with Crippen LogP contribution in [0.2, 0.25) is 5.15 Å². The third-order valence-electron chi connectivity index (χ3n) is 4.35. The van der Waals surface area contributed by atoms with Gasteiger partial charge in [0.15, 0.2) is 10.8 Å². The van der Waals surface area contributed by atoms with Gasteiger partial charge in [-0.3, -0.25) is 4.57 Å². The fraction of sp³-hybridized carbons (Fsp3) is 0.611. The maximum atomic E-state index is 13.0. The minimum absolute atomic E-state index is 0.0354. The summed E-state index contributed by atoms with van der Waals surface area (Å²) in [5.41, 5.74) is 7.88. The monoisotopic (exact) mass is 443 g/mol. The molecule has 29 heavy (non-hydrogen) atoms. The zero-order valence-electron chi connectivity index (χ0n) is 17.2. The highest BCUT2D eigenvalue weighted by molar-refractivity contribution is 7.53. The molecule has 0 aromatic carbocycles. The van der Waals surface area contributed by atoms with E-state index in [1.54, 1.807) is 6.33 Å². The number of imidazole rings is 1. The summed E-state index contributed by atoms with van der Waals surface area (Å²) in [5.74, 6) is 0.0919. The Hall–Kier alpha value is -1.51. The fourth-order valence-electron chi connectivity index (χ4n) is 3.37. The van der Waals surface area contributed by atoms with Crippen molar-refractivity contribution in [2.24, 2.45) is 0 Å². The van der Waals surface area contributed by atoms with Gasteiger partial charge < -0.3 is 24.1 Å². The van der Waals surface area contributed by atoms with Crippen molar-refractivity contribution in [2.75, 3.05) is 12.1 Å². The molecule has 2 aromatic rings. The Balaban J connectivity index is 1.74. The van der Waals surface area contributed by atoms with E-state index in [1.165, 1.54) is 0 Å². The lowest BCUT2D eigenvalue weighted by atomic mass is 10.1. The summed E-state index contributed by atoms with van der Waals surface area (Å²) in [7, 11) is -3.36. The number of hydrogen-bond donors (Lipinski definition) is 1. The van der Waals surface area contributed by atoms with E-state index in [2.05, 4.69) is 15.0 Å². The minimum atomic E-state index is -3.36. The van der Waals surface area contributed by atoms with E-state index in [0.29, 0.717) is 17.6 Å². The Labute approximate surface area is 175 Å². The van der Waals surface area contributed by atoms with Crippen molar-refractivity contribution in [3.05, 3.63) is 23.1 Å². The normalized spacial score (nSPS) is 20.2. The number of hydrogen-bond acceptors (Lipinski definition) is 8. The lowest BCUT2D eigenvalue weighted by Gasteiger charge is -2.24. The number of halogens is 1. The van der Waals surface area contributed by atoms with Crippen LogP contribution in [0.15, 0.2) is 18.0 Å². The Morgan fingerprint density at radius 1 is 1.28 bits per heavy atom. The third-order valence-corrected chi connectivity index (χ3v) is 6.57. The number of fused-ring (bicyclic) bond motifs is 1. The van der Waals surface area contributed by atoms with E-state index in [1.807, 2.05) is 45.3 Å². The lowest BCUT2D eigenvalue weighted by Crippen LogP contribution is -2.17. The van der Waals surface area contributed by atoms with Crippen LogP contribution in [-0.2, 0) is 18.3 Å². The van der Waals surface area contributed by atoms with Gasteiger partial charge >= 0.3 is 7.60 Å². The molecule has 0 saturated heterocycles. The molecule has 0 unspecified atom stereocenters. The number of aromatic nitrogens is 4. The van der Waals surface area contributed by atoms with Crippen molar-refractivity contribution < 1.29 is 18.3 Å². The van der Waals surface area contributed by atoms with Gasteiger partial charge in [0.2, 0.25) is 5.95 Å². The average Bonchev–Trinajstić information content (AvgIpc) is 3.14. The Morgan fingerprint density at radius 3 is 2.55 bits per heavy atom. The molecule has 3 rings (SSSR count). The van der Waals surface area contributed by atoms with Crippen LogP contribution in [0.25, 0.3) is 11.2 Å². The number of allylic oxidation sites excluding steroid dienone is 1. The molecule has 0 aliphatic heterocycles. The molecule has 0 bridgehead atoms. The van der Waals surface area contributed by atoms with Gasteiger partial charge in [0.25, 0.3) is 0 Å². The molecule has 0 saturated carbocycles. The first kappa shape index (κ1) is 22.2. The molecule has 9 nitrogen and oxygen atoms in total. The van der Waals surface area contributed by atoms with Crippen LogP contribution in [0.1, 0.15) is 47.1 Å². The second kappa shape index (κ2) is 8.70. The van der Waals surface area contributed by atoms with Crippen molar-refractivity contribution in [3.8, 4) is 0 Å². The SMILES string of the molecule is CC1=C[C@@H](OCP(=O)(OC(C)C)OC(C)C)C[C@H]1n1cnc2c(Cl)nc(N)nc21. The van der Waals surface area contributed by atoms with Gasteiger partial charge in [-0.05, 0) is 34.6 Å². The van der Waals surface area contributed by atoms with Gasteiger partial charge in [0.05, 0.1) is 30.7 Å². The number of nitrogens with two attached hydrogens (primary N) is 1. The Morgan fingerprint density at radius 2 is 1.93 bits per heavy atom. The highest BCUT2D eigenvalue weighted by Gasteiger charge is 2.33. The first-order chi connectivity index (χ1) is 13.6. The predicted octanol–water partition coefficient (Wildman–Crippen LogP) is 4.34. The van der Waals surface area contributed by atoms with E-state index in [-0.39, 0.29) is 41.8 Å². The molecule has 0 spiro atoms. The number of ether oxygens (including phenoxy) is 1. The van der Waals surface area contributed by atoms with Gasteiger partial charge in [-0.2, -0.15) is 9.97 Å². The number of nitrogen functional groups attached to an aromatic ring is 1. The second-order valence-corrected chi connectivity index (χ2v) is 9.87. The standard InChI is InChI=1S/C18H27ClN5O4P/c1-10(2)27-29(25,28-11(3)4)9-26-13-6-12(5)14(7-13)24-8-21-15-16(19)22-18(20)23-17(15)24/h6,8,10-11,13-14H,7,9H2,1-5H3,(H2,20,22,23)/t13-,14-/m1/s1. The predicted molar refractivity (Wildman–Crippen MR) is 112 cm³/mol. The second-order valence-electron chi connectivity index (χ2n) is 7.61. The smallest absolute Gasteiger partial charge is 0.356 e. The molecule has 11 heteroatoms. The summed E-state index contributed by atoms with van der Waals surface area (Å²) < 4.78 is 31.9. The van der Waals surface area contributed by atoms with E-state index >= 15 is 0 Å². The summed E-state index contributed by atoms with van der Waals surface area (Å²) in [6.07, 6.45) is 3.47. The van der Waals surface area contributed by atoms with Crippen molar-refractivity contribution in [2.45, 2.75) is 65.4 Å². The molecular weight excluding hydrogens is 417 g/mol. The fourth-order valence-corrected chi connectivity index (χ4v) is 5.42. The van der Waals surface area contributed by atoms with Gasteiger partial charge in [-0.25, -0.2) is 4.98 Å². The van der Waals surface area contributed by atoms with E-state index in [0.717, 1.165) is 5.57 Å². The Kier molecular flexibility index (Phi) is 6.65. The quantitative estimate of drug-likeness (QED) is 0.364. The highest BCUT2D eigenvalue weighted by Crippen LogP contribution is 2.51.